The zero-order valence-corrected chi connectivity index (χ0v) is 22.0. The minimum Gasteiger partial charge on any atom is -0.388 e. The highest BCUT2D eigenvalue weighted by atomic mass is 35.5. The Bertz CT molecular complexity index is 1450. The maximum absolute atomic E-state index is 15.1. The smallest absolute Gasteiger partial charge is 0.262 e. The maximum atomic E-state index is 15.1. The lowest BCUT2D eigenvalue weighted by atomic mass is 9.90. The van der Waals surface area contributed by atoms with E-state index in [1.165, 1.54) is 27.6 Å². The standard InChI is InChI=1S/C27H31ClFN5O4/c1-26(4-5-26)25(36)32-9-6-27(37,7-10-32)15-33-16-31-23-19(24(33)35)13-22(28)34(23)17-2-3-18(20(29)12-17)21-14-38-11-8-30-21/h2-3,12-13,16,21,30,37H,4-11,14-15H2,1H3. The van der Waals surface area contributed by atoms with E-state index < -0.39 is 11.4 Å². The lowest BCUT2D eigenvalue weighted by molar-refractivity contribution is -0.141. The average molecular weight is 544 g/mol. The van der Waals surface area contributed by atoms with Gasteiger partial charge in [0.1, 0.15) is 17.3 Å². The second-order valence-electron chi connectivity index (χ2n) is 11.1. The van der Waals surface area contributed by atoms with Crippen LogP contribution in [0, 0.1) is 11.2 Å². The van der Waals surface area contributed by atoms with Crippen LogP contribution >= 0.6 is 11.6 Å². The Labute approximate surface area is 224 Å². The fourth-order valence-corrected chi connectivity index (χ4v) is 5.82. The molecule has 1 unspecified atom stereocenters. The van der Waals surface area contributed by atoms with Crippen molar-refractivity contribution in [2.45, 2.75) is 50.8 Å². The van der Waals surface area contributed by atoms with Crippen molar-refractivity contribution in [1.29, 1.82) is 0 Å². The van der Waals surface area contributed by atoms with Crippen LogP contribution in [0.2, 0.25) is 5.15 Å². The van der Waals surface area contributed by atoms with E-state index in [2.05, 4.69) is 10.3 Å². The van der Waals surface area contributed by atoms with Crippen molar-refractivity contribution >= 4 is 28.5 Å². The maximum Gasteiger partial charge on any atom is 0.262 e. The average Bonchev–Trinajstić information content (AvgIpc) is 3.57. The van der Waals surface area contributed by atoms with Gasteiger partial charge in [0.25, 0.3) is 5.56 Å². The minimum absolute atomic E-state index is 0.0661. The van der Waals surface area contributed by atoms with E-state index in [-0.39, 0.29) is 40.0 Å². The summed E-state index contributed by atoms with van der Waals surface area (Å²) in [6.45, 7) is 4.62. The van der Waals surface area contributed by atoms with E-state index in [0.29, 0.717) is 62.6 Å². The molecule has 3 aromatic rings. The molecule has 1 aliphatic carbocycles. The highest BCUT2D eigenvalue weighted by Gasteiger charge is 2.48. The van der Waals surface area contributed by atoms with Crippen LogP contribution in [0.25, 0.3) is 16.7 Å². The monoisotopic (exact) mass is 543 g/mol. The molecule has 11 heteroatoms. The number of rotatable bonds is 5. The Morgan fingerprint density at radius 3 is 2.68 bits per heavy atom. The first kappa shape index (κ1) is 25.5. The van der Waals surface area contributed by atoms with Crippen molar-refractivity contribution in [3.63, 3.8) is 0 Å². The number of amides is 1. The molecule has 1 amide bonds. The topological polar surface area (TPSA) is 102 Å². The number of morpholine rings is 1. The van der Waals surface area contributed by atoms with Gasteiger partial charge in [0.15, 0.2) is 5.65 Å². The van der Waals surface area contributed by atoms with Crippen molar-refractivity contribution in [1.82, 2.24) is 24.3 Å². The van der Waals surface area contributed by atoms with Crippen LogP contribution in [0.1, 0.15) is 44.2 Å². The van der Waals surface area contributed by atoms with Crippen LogP contribution in [0.15, 0.2) is 35.4 Å². The quantitative estimate of drug-likeness (QED) is 0.513. The molecule has 2 N–H and O–H groups in total. The van der Waals surface area contributed by atoms with Crippen molar-refractivity contribution in [2.75, 3.05) is 32.8 Å². The third-order valence-electron chi connectivity index (χ3n) is 8.24. The summed E-state index contributed by atoms with van der Waals surface area (Å²) in [5.41, 5.74) is -0.432. The van der Waals surface area contributed by atoms with Crippen molar-refractivity contribution in [3.8, 4) is 5.69 Å². The molecule has 4 heterocycles. The summed E-state index contributed by atoms with van der Waals surface area (Å²) in [4.78, 5) is 32.3. The Kier molecular flexibility index (Phi) is 6.33. The number of nitrogens with zero attached hydrogens (tertiary/aromatic N) is 4. The van der Waals surface area contributed by atoms with Gasteiger partial charge in [-0.1, -0.05) is 24.6 Å². The third-order valence-corrected chi connectivity index (χ3v) is 8.52. The SMILES string of the molecule is CC1(C(=O)N2CCC(O)(Cn3cnc4c(cc(Cl)n4-c4ccc(C5COCCN5)c(F)c4)c3=O)CC2)CC1. The molecule has 1 aromatic carbocycles. The van der Waals surface area contributed by atoms with Crippen molar-refractivity contribution in [3.05, 3.63) is 57.5 Å². The van der Waals surface area contributed by atoms with Gasteiger partial charge in [-0.3, -0.25) is 18.7 Å². The minimum atomic E-state index is -1.12. The van der Waals surface area contributed by atoms with Gasteiger partial charge in [-0.05, 0) is 43.9 Å². The molecule has 3 fully saturated rings. The number of aromatic nitrogens is 3. The fourth-order valence-electron chi connectivity index (χ4n) is 5.53. The zero-order valence-electron chi connectivity index (χ0n) is 21.3. The molecule has 0 radical (unpaired) electrons. The predicted octanol–water partition coefficient (Wildman–Crippen LogP) is 2.79. The van der Waals surface area contributed by atoms with E-state index in [1.54, 1.807) is 12.1 Å². The first-order valence-electron chi connectivity index (χ1n) is 13.1. The van der Waals surface area contributed by atoms with E-state index >= 15 is 4.39 Å². The van der Waals surface area contributed by atoms with Gasteiger partial charge in [-0.25, -0.2) is 9.37 Å². The molecule has 1 atom stereocenters. The van der Waals surface area contributed by atoms with Crippen LogP contribution < -0.4 is 10.9 Å². The molecule has 2 aliphatic heterocycles. The molecule has 202 valence electrons. The van der Waals surface area contributed by atoms with E-state index in [4.69, 9.17) is 16.3 Å². The van der Waals surface area contributed by atoms with Crippen LogP contribution in [0.4, 0.5) is 4.39 Å². The number of carbonyl (C=O) groups excluding carboxylic acids is 1. The highest BCUT2D eigenvalue weighted by molar-refractivity contribution is 6.31. The summed E-state index contributed by atoms with van der Waals surface area (Å²) in [5, 5.41) is 15.0. The van der Waals surface area contributed by atoms with E-state index in [1.807, 2.05) is 11.8 Å². The summed E-state index contributed by atoms with van der Waals surface area (Å²) < 4.78 is 23.4. The normalized spacial score (nSPS) is 22.5. The zero-order chi connectivity index (χ0) is 26.7. The van der Waals surface area contributed by atoms with Crippen molar-refractivity contribution < 1.29 is 19.0 Å². The van der Waals surface area contributed by atoms with Gasteiger partial charge in [0.2, 0.25) is 5.91 Å². The number of ether oxygens (including phenoxy) is 1. The summed E-state index contributed by atoms with van der Waals surface area (Å²) in [5.74, 6) is -0.247. The predicted molar refractivity (Wildman–Crippen MR) is 140 cm³/mol. The third kappa shape index (κ3) is 4.53. The lowest BCUT2D eigenvalue weighted by Crippen LogP contribution is -2.51. The number of fused-ring (bicyclic) bond motifs is 1. The molecule has 0 spiro atoms. The number of nitrogens with one attached hydrogen (secondary N) is 1. The number of piperidine rings is 1. The number of likely N-dealkylation sites (tertiary alicyclic amines) is 1. The molecule has 38 heavy (non-hydrogen) atoms. The Morgan fingerprint density at radius 1 is 1.26 bits per heavy atom. The second kappa shape index (κ2) is 9.44. The van der Waals surface area contributed by atoms with Gasteiger partial charge in [0.05, 0.1) is 42.5 Å². The molecular formula is C27H31ClFN5O4. The molecule has 3 aliphatic rings. The summed E-state index contributed by atoms with van der Waals surface area (Å²) >= 11 is 6.51. The van der Waals surface area contributed by atoms with Gasteiger partial charge >= 0.3 is 0 Å². The van der Waals surface area contributed by atoms with E-state index in [0.717, 1.165) is 12.8 Å². The number of halogens is 2. The number of aliphatic hydroxyl groups is 1. The lowest BCUT2D eigenvalue weighted by Gasteiger charge is -2.39. The molecule has 6 rings (SSSR count). The molecular weight excluding hydrogens is 513 g/mol. The van der Waals surface area contributed by atoms with E-state index in [9.17, 15) is 14.7 Å². The van der Waals surface area contributed by atoms with Crippen molar-refractivity contribution in [2.24, 2.45) is 5.41 Å². The largest absolute Gasteiger partial charge is 0.388 e. The molecule has 9 nitrogen and oxygen atoms in total. The molecule has 0 bridgehead atoms. The van der Waals surface area contributed by atoms with Crippen LogP contribution in [-0.2, 0) is 16.1 Å². The summed E-state index contributed by atoms with van der Waals surface area (Å²) in [6.07, 6.45) is 3.99. The Balaban J connectivity index is 1.23. The number of hydrogen-bond acceptors (Lipinski definition) is 6. The Hall–Kier alpha value is -2.79. The van der Waals surface area contributed by atoms with Crippen LogP contribution in [0.3, 0.4) is 0 Å². The Morgan fingerprint density at radius 2 is 2.03 bits per heavy atom. The molecule has 2 aromatic heterocycles. The summed E-state index contributed by atoms with van der Waals surface area (Å²) in [7, 11) is 0. The number of hydrogen-bond donors (Lipinski definition) is 2. The van der Waals surface area contributed by atoms with Gasteiger partial charge in [-0.15, -0.1) is 0 Å². The highest BCUT2D eigenvalue weighted by Crippen LogP contribution is 2.47. The molecule has 1 saturated carbocycles. The van der Waals surface area contributed by atoms with Gasteiger partial charge < -0.3 is 20.1 Å². The fraction of sp³-hybridized carbons (Fsp3) is 0.519. The number of benzene rings is 1. The van der Waals surface area contributed by atoms with Gasteiger partial charge in [-0.2, -0.15) is 0 Å². The van der Waals surface area contributed by atoms with Crippen LogP contribution in [0.5, 0.6) is 0 Å². The second-order valence-corrected chi connectivity index (χ2v) is 11.5. The number of carbonyl (C=O) groups is 1. The first-order chi connectivity index (χ1) is 18.2. The summed E-state index contributed by atoms with van der Waals surface area (Å²) in [6, 6.07) is 6.10. The van der Waals surface area contributed by atoms with Gasteiger partial charge in [0, 0.05) is 30.6 Å². The van der Waals surface area contributed by atoms with Crippen LogP contribution in [-0.4, -0.2) is 68.5 Å². The molecule has 2 saturated heterocycles. The first-order valence-corrected chi connectivity index (χ1v) is 13.4.